The molecule has 15 heavy (non-hydrogen) atoms. The lowest BCUT2D eigenvalue weighted by Crippen LogP contribution is -2.03. The average molecular weight is 225 g/mol. The van der Waals surface area contributed by atoms with Gasteiger partial charge in [0.1, 0.15) is 5.75 Å². The number of hydrogen-bond acceptors (Lipinski definition) is 2. The number of aromatic nitrogens is 2. The van der Waals surface area contributed by atoms with Crippen molar-refractivity contribution < 1.29 is 5.11 Å². The summed E-state index contributed by atoms with van der Waals surface area (Å²) >= 11 is 6.03. The Morgan fingerprint density at radius 1 is 1.47 bits per heavy atom. The predicted octanol–water partition coefficient (Wildman–Crippen LogP) is 3.05. The smallest absolute Gasteiger partial charge is 0.203 e. The molecule has 3 nitrogen and oxygen atoms in total. The largest absolute Gasteiger partial charge is 0.508 e. The Labute approximate surface area is 93.3 Å². The van der Waals surface area contributed by atoms with Gasteiger partial charge >= 0.3 is 0 Å². The first-order valence-corrected chi connectivity index (χ1v) is 5.30. The van der Waals surface area contributed by atoms with E-state index in [-0.39, 0.29) is 5.75 Å². The molecule has 0 radical (unpaired) electrons. The summed E-state index contributed by atoms with van der Waals surface area (Å²) in [4.78, 5) is 4.20. The topological polar surface area (TPSA) is 38.0 Å². The van der Waals surface area contributed by atoms with Crippen LogP contribution in [0, 0.1) is 5.92 Å². The van der Waals surface area contributed by atoms with Crippen LogP contribution in [0.5, 0.6) is 5.75 Å². The van der Waals surface area contributed by atoms with Crippen LogP contribution in [0.25, 0.3) is 11.0 Å². The van der Waals surface area contributed by atoms with Gasteiger partial charge in [-0.1, -0.05) is 13.8 Å². The Morgan fingerprint density at radius 2 is 2.20 bits per heavy atom. The monoisotopic (exact) mass is 224 g/mol. The summed E-state index contributed by atoms with van der Waals surface area (Å²) in [5.41, 5.74) is 1.70. The third-order valence-electron chi connectivity index (χ3n) is 2.23. The van der Waals surface area contributed by atoms with E-state index in [1.54, 1.807) is 12.1 Å². The molecule has 2 rings (SSSR count). The van der Waals surface area contributed by atoms with Gasteiger partial charge in [-0.25, -0.2) is 4.98 Å². The number of phenolic OH excluding ortho intramolecular Hbond substituents is 1. The zero-order chi connectivity index (χ0) is 11.0. The number of hydrogen-bond donors (Lipinski definition) is 1. The van der Waals surface area contributed by atoms with Gasteiger partial charge in [0.2, 0.25) is 5.28 Å². The highest BCUT2D eigenvalue weighted by atomic mass is 35.5. The van der Waals surface area contributed by atoms with Crippen LogP contribution in [0.2, 0.25) is 5.28 Å². The molecule has 0 saturated carbocycles. The van der Waals surface area contributed by atoms with Gasteiger partial charge in [0.15, 0.2) is 0 Å². The molecule has 0 unspecified atom stereocenters. The van der Waals surface area contributed by atoms with Gasteiger partial charge in [-0.05, 0) is 29.7 Å². The van der Waals surface area contributed by atoms with Gasteiger partial charge in [0.25, 0.3) is 0 Å². The quantitative estimate of drug-likeness (QED) is 0.852. The molecule has 0 aliphatic heterocycles. The van der Waals surface area contributed by atoms with E-state index in [9.17, 15) is 5.11 Å². The summed E-state index contributed by atoms with van der Waals surface area (Å²) in [7, 11) is 0. The van der Waals surface area contributed by atoms with E-state index in [2.05, 4.69) is 18.8 Å². The second kappa shape index (κ2) is 3.74. The minimum atomic E-state index is 0.216. The van der Waals surface area contributed by atoms with E-state index in [0.717, 1.165) is 17.6 Å². The van der Waals surface area contributed by atoms with Crippen LogP contribution in [0.15, 0.2) is 18.2 Å². The molecule has 1 N–H and O–H groups in total. The summed E-state index contributed by atoms with van der Waals surface area (Å²) in [5.74, 6) is 0.724. The molecule has 0 aliphatic carbocycles. The predicted molar refractivity (Wildman–Crippen MR) is 61.2 cm³/mol. The molecule has 1 heterocycles. The van der Waals surface area contributed by atoms with Crippen molar-refractivity contribution in [3.63, 3.8) is 0 Å². The Balaban J connectivity index is 2.58. The maximum Gasteiger partial charge on any atom is 0.203 e. The third-order valence-corrected chi connectivity index (χ3v) is 2.52. The summed E-state index contributed by atoms with van der Waals surface area (Å²) in [5, 5.41) is 9.80. The summed E-state index contributed by atoms with van der Waals surface area (Å²) < 4.78 is 1.96. The highest BCUT2D eigenvalue weighted by molar-refractivity contribution is 6.29. The molecule has 1 aromatic carbocycles. The zero-order valence-corrected chi connectivity index (χ0v) is 9.49. The Bertz CT molecular complexity index is 491. The minimum absolute atomic E-state index is 0.216. The lowest BCUT2D eigenvalue weighted by Gasteiger charge is -2.08. The van der Waals surface area contributed by atoms with Gasteiger partial charge in [0, 0.05) is 12.6 Å². The summed E-state index contributed by atoms with van der Waals surface area (Å²) in [6.07, 6.45) is 0. The zero-order valence-electron chi connectivity index (χ0n) is 8.74. The van der Waals surface area contributed by atoms with Gasteiger partial charge in [-0.15, -0.1) is 0 Å². The van der Waals surface area contributed by atoms with Crippen molar-refractivity contribution in [2.24, 2.45) is 5.92 Å². The van der Waals surface area contributed by atoms with E-state index in [4.69, 9.17) is 11.6 Å². The van der Waals surface area contributed by atoms with Crippen LogP contribution >= 0.6 is 11.6 Å². The molecule has 0 amide bonds. The average Bonchev–Trinajstić information content (AvgIpc) is 2.41. The Kier molecular flexibility index (Phi) is 2.57. The van der Waals surface area contributed by atoms with Gasteiger partial charge in [-0.3, -0.25) is 0 Å². The fraction of sp³-hybridized carbons (Fsp3) is 0.364. The number of rotatable bonds is 2. The first-order chi connectivity index (χ1) is 7.08. The van der Waals surface area contributed by atoms with Crippen LogP contribution in [0.3, 0.4) is 0 Å². The van der Waals surface area contributed by atoms with Gasteiger partial charge in [-0.2, -0.15) is 0 Å². The Morgan fingerprint density at radius 3 is 2.87 bits per heavy atom. The molecular weight excluding hydrogens is 212 g/mol. The molecule has 0 bridgehead atoms. The van der Waals surface area contributed by atoms with Crippen LogP contribution < -0.4 is 0 Å². The molecule has 0 saturated heterocycles. The third kappa shape index (κ3) is 1.92. The molecule has 80 valence electrons. The lowest BCUT2D eigenvalue weighted by molar-refractivity contribution is 0.476. The van der Waals surface area contributed by atoms with E-state index in [0.29, 0.717) is 11.2 Å². The fourth-order valence-electron chi connectivity index (χ4n) is 1.63. The second-order valence-corrected chi connectivity index (χ2v) is 4.40. The van der Waals surface area contributed by atoms with Crippen molar-refractivity contribution in [3.05, 3.63) is 23.5 Å². The summed E-state index contributed by atoms with van der Waals surface area (Å²) in [6, 6.07) is 5.11. The Hall–Kier alpha value is -1.22. The first kappa shape index (κ1) is 10.3. The van der Waals surface area contributed by atoms with Crippen LogP contribution in [-0.2, 0) is 6.54 Å². The van der Waals surface area contributed by atoms with Crippen molar-refractivity contribution >= 4 is 22.6 Å². The number of nitrogens with zero attached hydrogens (tertiary/aromatic N) is 2. The number of benzene rings is 1. The number of imidazole rings is 1. The van der Waals surface area contributed by atoms with Crippen molar-refractivity contribution in [2.75, 3.05) is 0 Å². The molecule has 0 spiro atoms. The first-order valence-electron chi connectivity index (χ1n) is 4.92. The van der Waals surface area contributed by atoms with E-state index >= 15 is 0 Å². The van der Waals surface area contributed by atoms with Crippen molar-refractivity contribution in [1.82, 2.24) is 9.55 Å². The molecule has 0 aliphatic rings. The molecule has 4 heteroatoms. The molecule has 2 aromatic rings. The van der Waals surface area contributed by atoms with Crippen molar-refractivity contribution in [2.45, 2.75) is 20.4 Å². The van der Waals surface area contributed by atoms with E-state index < -0.39 is 0 Å². The van der Waals surface area contributed by atoms with Crippen molar-refractivity contribution in [3.8, 4) is 5.75 Å². The number of phenols is 1. The number of halogens is 1. The van der Waals surface area contributed by atoms with E-state index in [1.165, 1.54) is 0 Å². The SMILES string of the molecule is CC(C)Cn1c(Cl)nc2cc(O)ccc21. The van der Waals surface area contributed by atoms with E-state index in [1.807, 2.05) is 10.6 Å². The fourth-order valence-corrected chi connectivity index (χ4v) is 1.88. The maximum absolute atomic E-state index is 9.32. The maximum atomic E-state index is 9.32. The molecule has 0 fully saturated rings. The second-order valence-electron chi connectivity index (χ2n) is 4.06. The van der Waals surface area contributed by atoms with Gasteiger partial charge < -0.3 is 9.67 Å². The summed E-state index contributed by atoms with van der Waals surface area (Å²) in [6.45, 7) is 5.09. The van der Waals surface area contributed by atoms with Crippen LogP contribution in [0.1, 0.15) is 13.8 Å². The number of fused-ring (bicyclic) bond motifs is 1. The molecular formula is C11H13ClN2O. The highest BCUT2D eigenvalue weighted by Crippen LogP contribution is 2.24. The van der Waals surface area contributed by atoms with Crippen LogP contribution in [0.4, 0.5) is 0 Å². The van der Waals surface area contributed by atoms with Gasteiger partial charge in [0.05, 0.1) is 11.0 Å². The van der Waals surface area contributed by atoms with Crippen LogP contribution in [-0.4, -0.2) is 14.7 Å². The molecule has 0 atom stereocenters. The minimum Gasteiger partial charge on any atom is -0.508 e. The lowest BCUT2D eigenvalue weighted by atomic mass is 10.2. The standard InChI is InChI=1S/C11H13ClN2O/c1-7(2)6-14-10-4-3-8(15)5-9(10)13-11(14)12/h3-5,7,15H,6H2,1-2H3. The number of aromatic hydroxyl groups is 1. The normalized spacial score (nSPS) is 11.5. The molecule has 1 aromatic heterocycles. The van der Waals surface area contributed by atoms with Crippen molar-refractivity contribution in [1.29, 1.82) is 0 Å². The highest BCUT2D eigenvalue weighted by Gasteiger charge is 2.10.